The van der Waals surface area contributed by atoms with Gasteiger partial charge >= 0.3 is 6.18 Å². The van der Waals surface area contributed by atoms with E-state index in [-0.39, 0.29) is 28.9 Å². The van der Waals surface area contributed by atoms with E-state index in [1.54, 1.807) is 6.92 Å². The molecule has 0 aromatic heterocycles. The maximum absolute atomic E-state index is 12.4. The van der Waals surface area contributed by atoms with E-state index in [1.807, 2.05) is 6.07 Å². The molecule has 4 N–H and O–H groups in total. The van der Waals surface area contributed by atoms with Crippen LogP contribution in [0.15, 0.2) is 24.3 Å². The minimum Gasteiger partial charge on any atom is -0.366 e. The van der Waals surface area contributed by atoms with Gasteiger partial charge in [-0.05, 0) is 19.1 Å². The minimum absolute atomic E-state index is 0.0219. The second-order valence-corrected chi connectivity index (χ2v) is 4.43. The number of carbonyl (C=O) groups excluding carboxylic acids is 1. The number of amides is 1. The Hall–Kier alpha value is -2.53. The maximum Gasteiger partial charge on any atom is 0.392 e. The summed E-state index contributed by atoms with van der Waals surface area (Å²) in [7, 11) is 0. The quantitative estimate of drug-likeness (QED) is 0.643. The Labute approximate surface area is 125 Å². The van der Waals surface area contributed by atoms with Crippen molar-refractivity contribution in [1.82, 2.24) is 5.01 Å². The molecule has 0 aliphatic rings. The van der Waals surface area contributed by atoms with Crippen molar-refractivity contribution in [1.29, 1.82) is 5.26 Å². The van der Waals surface area contributed by atoms with Gasteiger partial charge in [-0.2, -0.15) is 18.4 Å². The first-order valence-electron chi connectivity index (χ1n) is 6.33. The molecule has 1 amide bonds. The van der Waals surface area contributed by atoms with Gasteiger partial charge in [0, 0.05) is 17.7 Å². The fourth-order valence-electron chi connectivity index (χ4n) is 1.78. The van der Waals surface area contributed by atoms with Crippen LogP contribution in [0.3, 0.4) is 0 Å². The summed E-state index contributed by atoms with van der Waals surface area (Å²) in [5.41, 5.74) is 5.51. The van der Waals surface area contributed by atoms with Crippen LogP contribution < -0.4 is 11.6 Å². The number of nitrogens with zero attached hydrogens (tertiary/aromatic N) is 2. The number of halogens is 3. The molecule has 22 heavy (non-hydrogen) atoms. The second kappa shape index (κ2) is 6.95. The molecule has 0 unspecified atom stereocenters. The Kier molecular flexibility index (Phi) is 5.54. The number of rotatable bonds is 5. The number of hydrazine groups is 1. The highest BCUT2D eigenvalue weighted by Crippen LogP contribution is 2.27. The summed E-state index contributed by atoms with van der Waals surface area (Å²) in [5.74, 6) is 4.96. The fourth-order valence-corrected chi connectivity index (χ4v) is 1.78. The fraction of sp³-hybridized carbons (Fsp3) is 0.286. The van der Waals surface area contributed by atoms with Crippen LogP contribution in [-0.4, -0.2) is 23.6 Å². The van der Waals surface area contributed by atoms with Gasteiger partial charge in [-0.25, -0.2) is 5.84 Å². The Balaban J connectivity index is 3.37. The number of alkyl halides is 3. The number of carbonyl (C=O) groups is 1. The summed E-state index contributed by atoms with van der Waals surface area (Å²) in [5, 5.41) is 10.2. The minimum atomic E-state index is -4.39. The third-order valence-electron chi connectivity index (χ3n) is 2.88. The summed E-state index contributed by atoms with van der Waals surface area (Å²) in [6.45, 7) is 1.90. The summed E-state index contributed by atoms with van der Waals surface area (Å²) in [4.78, 5) is 11.1. The molecular formula is C14H15F3N4O. The predicted octanol–water partition coefficient (Wildman–Crippen LogP) is 2.15. The van der Waals surface area contributed by atoms with Gasteiger partial charge in [0.15, 0.2) is 0 Å². The van der Waals surface area contributed by atoms with E-state index in [4.69, 9.17) is 16.8 Å². The normalized spacial score (nSPS) is 11.9. The van der Waals surface area contributed by atoms with Gasteiger partial charge in [-0.15, -0.1) is 0 Å². The maximum atomic E-state index is 12.4. The predicted molar refractivity (Wildman–Crippen MR) is 74.9 cm³/mol. The summed E-state index contributed by atoms with van der Waals surface area (Å²) in [6.07, 6.45) is -4.66. The smallest absolute Gasteiger partial charge is 0.366 e. The molecule has 1 aromatic rings. The van der Waals surface area contributed by atoms with Crippen molar-refractivity contribution in [2.24, 2.45) is 11.6 Å². The standard InChI is InChI=1S/C14H15F3N4O/c1-2-21(20)12(5-6-14(15,16)17)11-4-3-9(13(19)22)7-10(11)8-18/h3-5,7H,2,6,20H2,1H3,(H2,19,22)/b12-5-. The molecule has 118 valence electrons. The van der Waals surface area contributed by atoms with Crippen LogP contribution in [0.25, 0.3) is 5.70 Å². The van der Waals surface area contributed by atoms with Gasteiger partial charge in [0.2, 0.25) is 5.91 Å². The molecule has 0 spiro atoms. The van der Waals surface area contributed by atoms with E-state index in [0.717, 1.165) is 11.1 Å². The van der Waals surface area contributed by atoms with E-state index in [9.17, 15) is 18.0 Å². The molecule has 0 saturated heterocycles. The number of nitrogens with two attached hydrogens (primary N) is 2. The van der Waals surface area contributed by atoms with E-state index in [2.05, 4.69) is 0 Å². The van der Waals surface area contributed by atoms with E-state index < -0.39 is 18.5 Å². The zero-order valence-corrected chi connectivity index (χ0v) is 11.8. The van der Waals surface area contributed by atoms with Crippen molar-refractivity contribution < 1.29 is 18.0 Å². The molecule has 5 nitrogen and oxygen atoms in total. The number of hydrogen-bond donors (Lipinski definition) is 2. The Bertz CT molecular complexity index is 632. The van der Waals surface area contributed by atoms with Crippen LogP contribution in [-0.2, 0) is 0 Å². The number of allylic oxidation sites excluding steroid dienone is 1. The highest BCUT2D eigenvalue weighted by Gasteiger charge is 2.26. The Morgan fingerprint density at radius 3 is 2.55 bits per heavy atom. The van der Waals surface area contributed by atoms with Crippen molar-refractivity contribution in [2.45, 2.75) is 19.5 Å². The van der Waals surface area contributed by atoms with Gasteiger partial charge in [0.25, 0.3) is 0 Å². The highest BCUT2D eigenvalue weighted by atomic mass is 19.4. The van der Waals surface area contributed by atoms with Crippen molar-refractivity contribution in [3.05, 3.63) is 41.0 Å². The lowest BCUT2D eigenvalue weighted by Crippen LogP contribution is -2.29. The largest absolute Gasteiger partial charge is 0.392 e. The lowest BCUT2D eigenvalue weighted by atomic mass is 10.0. The van der Waals surface area contributed by atoms with Crippen molar-refractivity contribution in [3.8, 4) is 6.07 Å². The first-order valence-corrected chi connectivity index (χ1v) is 6.33. The molecule has 0 fully saturated rings. The molecule has 1 rings (SSSR count). The summed E-state index contributed by atoms with van der Waals surface area (Å²) in [6, 6.07) is 5.75. The molecular weight excluding hydrogens is 297 g/mol. The second-order valence-electron chi connectivity index (χ2n) is 4.43. The zero-order chi connectivity index (χ0) is 16.9. The molecule has 0 atom stereocenters. The summed E-state index contributed by atoms with van der Waals surface area (Å²) >= 11 is 0. The van der Waals surface area contributed by atoms with E-state index in [1.165, 1.54) is 18.2 Å². The van der Waals surface area contributed by atoms with Gasteiger partial charge in [0.1, 0.15) is 0 Å². The van der Waals surface area contributed by atoms with Crippen molar-refractivity contribution in [2.75, 3.05) is 6.54 Å². The molecule has 1 aromatic carbocycles. The molecule has 0 aliphatic carbocycles. The van der Waals surface area contributed by atoms with Crippen LogP contribution in [0.4, 0.5) is 13.2 Å². The average Bonchev–Trinajstić information content (AvgIpc) is 2.45. The van der Waals surface area contributed by atoms with Crippen molar-refractivity contribution >= 4 is 11.6 Å². The van der Waals surface area contributed by atoms with Gasteiger partial charge in [0.05, 0.1) is 23.8 Å². The van der Waals surface area contributed by atoms with Gasteiger partial charge in [-0.1, -0.05) is 12.1 Å². The molecule has 0 bridgehead atoms. The lowest BCUT2D eigenvalue weighted by Gasteiger charge is -2.22. The molecule has 0 radical (unpaired) electrons. The highest BCUT2D eigenvalue weighted by molar-refractivity contribution is 5.93. The van der Waals surface area contributed by atoms with Crippen molar-refractivity contribution in [3.63, 3.8) is 0 Å². The summed E-state index contributed by atoms with van der Waals surface area (Å²) < 4.78 is 37.3. The first kappa shape index (κ1) is 17.5. The lowest BCUT2D eigenvalue weighted by molar-refractivity contribution is -0.125. The number of benzene rings is 1. The average molecular weight is 312 g/mol. The molecule has 0 heterocycles. The van der Waals surface area contributed by atoms with Crippen LogP contribution >= 0.6 is 0 Å². The molecule has 0 aliphatic heterocycles. The monoisotopic (exact) mass is 312 g/mol. The van der Waals surface area contributed by atoms with E-state index >= 15 is 0 Å². The van der Waals surface area contributed by atoms with Crippen LogP contribution in [0.2, 0.25) is 0 Å². The molecule has 8 heteroatoms. The van der Waals surface area contributed by atoms with Crippen LogP contribution in [0.5, 0.6) is 0 Å². The Morgan fingerprint density at radius 1 is 1.45 bits per heavy atom. The molecule has 0 saturated carbocycles. The first-order chi connectivity index (χ1) is 10.2. The van der Waals surface area contributed by atoms with Gasteiger partial charge in [-0.3, -0.25) is 4.79 Å². The third kappa shape index (κ3) is 4.49. The SMILES string of the molecule is CCN(N)/C(=C\CC(F)(F)F)c1ccc(C(N)=O)cc1C#N. The van der Waals surface area contributed by atoms with E-state index in [0.29, 0.717) is 0 Å². The number of nitriles is 1. The van der Waals surface area contributed by atoms with Gasteiger partial charge < -0.3 is 10.7 Å². The number of primary amides is 1. The van der Waals surface area contributed by atoms with Crippen LogP contribution in [0.1, 0.15) is 34.8 Å². The number of hydrogen-bond acceptors (Lipinski definition) is 4. The Morgan fingerprint density at radius 2 is 2.09 bits per heavy atom. The zero-order valence-electron chi connectivity index (χ0n) is 11.8. The third-order valence-corrected chi connectivity index (χ3v) is 2.88. The van der Waals surface area contributed by atoms with Crippen LogP contribution in [0, 0.1) is 11.3 Å². The topological polar surface area (TPSA) is 96.1 Å².